The van der Waals surface area contributed by atoms with E-state index in [0.29, 0.717) is 5.56 Å². The first-order chi connectivity index (χ1) is 13.7. The maximum atomic E-state index is 12.9. The minimum absolute atomic E-state index is 0.0820. The fraction of sp³-hybridized carbons (Fsp3) is 0.500. The lowest BCUT2D eigenvalue weighted by Gasteiger charge is -2.32. The third-order valence-corrected chi connectivity index (χ3v) is 8.72. The Morgan fingerprint density at radius 2 is 1.77 bits per heavy atom. The highest BCUT2D eigenvalue weighted by atomic mass is 127. The number of ether oxygens (including phenoxy) is 1. The van der Waals surface area contributed by atoms with Crippen molar-refractivity contribution < 1.29 is 40.5 Å². The molecule has 1 aromatic rings. The molecule has 30 heavy (non-hydrogen) atoms. The van der Waals surface area contributed by atoms with Crippen LogP contribution in [-0.2, 0) is 19.6 Å². The van der Waals surface area contributed by atoms with Crippen molar-refractivity contribution in [3.8, 4) is 0 Å². The van der Waals surface area contributed by atoms with Crippen molar-refractivity contribution in [2.45, 2.75) is 25.1 Å². The number of carbonyl (C=O) groups is 2. The van der Waals surface area contributed by atoms with Crippen LogP contribution in [0.4, 0.5) is 13.2 Å². The fourth-order valence-corrected chi connectivity index (χ4v) is 5.85. The molecular weight excluding hydrogens is 772 g/mol. The predicted octanol–water partition coefficient (Wildman–Crippen LogP) is 3.71. The summed E-state index contributed by atoms with van der Waals surface area (Å²) in [5.74, 6) is -4.10. The minimum atomic E-state index is -5.14. The summed E-state index contributed by atoms with van der Waals surface area (Å²) >= 11 is 6.29. The quantitative estimate of drug-likeness (QED) is 0.212. The van der Waals surface area contributed by atoms with Crippen LogP contribution in [0.15, 0.2) is 12.1 Å². The van der Waals surface area contributed by atoms with Crippen LogP contribution in [0.1, 0.15) is 23.2 Å². The van der Waals surface area contributed by atoms with Crippen LogP contribution in [0.25, 0.3) is 0 Å². The maximum Gasteiger partial charge on any atom is 0.426 e. The van der Waals surface area contributed by atoms with Crippen LogP contribution in [0, 0.1) is 16.6 Å². The zero-order valence-corrected chi connectivity index (χ0v) is 22.2. The standard InChI is InChI=1S/C16H15F3I3NO6S/c17-16(18,19)12(7-30(26,27)28)29-15(25)8-1-3-23(4-2-8)14(24)10-5-9(20)6-11(21)13(10)22/h5-6,8,12H,1-4,7H2,(H,26,27,28). The third kappa shape index (κ3) is 7.29. The van der Waals surface area contributed by atoms with E-state index in [1.54, 1.807) is 6.07 Å². The number of likely N-dealkylation sites (tertiary alicyclic amines) is 1. The van der Waals surface area contributed by atoms with E-state index in [1.165, 1.54) is 4.90 Å². The average Bonchev–Trinajstić information content (AvgIpc) is 2.61. The number of nitrogens with zero attached hydrogens (tertiary/aromatic N) is 1. The van der Waals surface area contributed by atoms with Gasteiger partial charge in [0.15, 0.2) is 0 Å². The summed E-state index contributed by atoms with van der Waals surface area (Å²) in [6, 6.07) is 3.67. The van der Waals surface area contributed by atoms with Gasteiger partial charge < -0.3 is 9.64 Å². The molecule has 2 rings (SSSR count). The number of amides is 1. The molecule has 0 bridgehead atoms. The smallest absolute Gasteiger partial charge is 0.426 e. The first-order valence-corrected chi connectivity index (χ1v) is 13.2. The molecule has 1 aromatic carbocycles. The molecule has 0 radical (unpaired) electrons. The van der Waals surface area contributed by atoms with Gasteiger partial charge in [0.1, 0.15) is 5.75 Å². The van der Waals surface area contributed by atoms with Crippen molar-refractivity contribution in [1.82, 2.24) is 4.90 Å². The van der Waals surface area contributed by atoms with Gasteiger partial charge in [-0.25, -0.2) is 0 Å². The summed E-state index contributed by atoms with van der Waals surface area (Å²) in [6.07, 6.45) is -7.92. The molecule has 168 valence electrons. The summed E-state index contributed by atoms with van der Waals surface area (Å²) in [6.45, 7) is 0.289. The first kappa shape index (κ1) is 26.3. The molecule has 1 aliphatic heterocycles. The van der Waals surface area contributed by atoms with Crippen LogP contribution in [0.5, 0.6) is 0 Å². The van der Waals surface area contributed by atoms with E-state index in [0.717, 1.165) is 10.7 Å². The van der Waals surface area contributed by atoms with Gasteiger partial charge in [-0.15, -0.1) is 0 Å². The molecular formula is C16H15F3I3NO6S. The lowest BCUT2D eigenvalue weighted by molar-refractivity contribution is -0.218. The summed E-state index contributed by atoms with van der Waals surface area (Å²) in [4.78, 5) is 26.5. The Kier molecular flexibility index (Phi) is 9.05. The minimum Gasteiger partial charge on any atom is -0.451 e. The normalized spacial score (nSPS) is 17.0. The Labute approximate surface area is 211 Å². The summed E-state index contributed by atoms with van der Waals surface area (Å²) in [5.41, 5.74) is 0.512. The molecule has 1 unspecified atom stereocenters. The SMILES string of the molecule is O=C(OC(CS(=O)(=O)O)C(F)(F)F)C1CCN(C(=O)c2cc(I)cc(I)c2I)CC1. The maximum absolute atomic E-state index is 12.9. The molecule has 1 N–H and O–H groups in total. The van der Waals surface area contributed by atoms with Crippen molar-refractivity contribution >= 4 is 89.8 Å². The summed E-state index contributed by atoms with van der Waals surface area (Å²) in [7, 11) is -5.00. The zero-order valence-electron chi connectivity index (χ0n) is 15.0. The molecule has 1 saturated heterocycles. The largest absolute Gasteiger partial charge is 0.451 e. The lowest BCUT2D eigenvalue weighted by atomic mass is 9.96. The summed E-state index contributed by atoms with van der Waals surface area (Å²) in [5, 5.41) is 0. The Morgan fingerprint density at radius 1 is 1.20 bits per heavy atom. The van der Waals surface area contributed by atoms with Gasteiger partial charge in [-0.1, -0.05) is 0 Å². The molecule has 1 atom stereocenters. The van der Waals surface area contributed by atoms with Crippen molar-refractivity contribution in [3.05, 3.63) is 28.4 Å². The number of hydrogen-bond donors (Lipinski definition) is 1. The average molecular weight is 787 g/mol. The van der Waals surface area contributed by atoms with Gasteiger partial charge in [-0.05, 0) is 92.7 Å². The zero-order chi connectivity index (χ0) is 22.9. The van der Waals surface area contributed by atoms with E-state index < -0.39 is 40.0 Å². The van der Waals surface area contributed by atoms with E-state index in [9.17, 15) is 31.2 Å². The van der Waals surface area contributed by atoms with Crippen LogP contribution in [0.3, 0.4) is 0 Å². The highest BCUT2D eigenvalue weighted by Gasteiger charge is 2.46. The lowest BCUT2D eigenvalue weighted by Crippen LogP contribution is -2.44. The van der Waals surface area contributed by atoms with Gasteiger partial charge in [0.2, 0.25) is 6.10 Å². The molecule has 0 spiro atoms. The van der Waals surface area contributed by atoms with E-state index in [1.807, 2.05) is 6.07 Å². The van der Waals surface area contributed by atoms with Gasteiger partial charge in [-0.2, -0.15) is 21.6 Å². The summed E-state index contributed by atoms with van der Waals surface area (Å²) < 4.78 is 76.0. The molecule has 14 heteroatoms. The van der Waals surface area contributed by atoms with E-state index in [-0.39, 0.29) is 31.8 Å². The van der Waals surface area contributed by atoms with Gasteiger partial charge in [0.05, 0.1) is 11.5 Å². The number of benzene rings is 1. The first-order valence-electron chi connectivity index (χ1n) is 8.35. The number of esters is 1. The van der Waals surface area contributed by atoms with Crippen LogP contribution in [-0.4, -0.2) is 60.9 Å². The number of hydrogen-bond acceptors (Lipinski definition) is 5. The molecule has 1 fully saturated rings. The van der Waals surface area contributed by atoms with Crippen LogP contribution < -0.4 is 0 Å². The molecule has 0 aliphatic carbocycles. The number of alkyl halides is 3. The fourth-order valence-electron chi connectivity index (χ4n) is 2.82. The molecule has 1 amide bonds. The second-order valence-corrected chi connectivity index (χ2v) is 11.5. The van der Waals surface area contributed by atoms with Gasteiger partial charge in [0, 0.05) is 23.8 Å². The second-order valence-electron chi connectivity index (χ2n) is 6.53. The topological polar surface area (TPSA) is 101 Å². The predicted molar refractivity (Wildman–Crippen MR) is 126 cm³/mol. The monoisotopic (exact) mass is 787 g/mol. The van der Waals surface area contributed by atoms with E-state index >= 15 is 0 Å². The Hall–Kier alpha value is 0.0500. The van der Waals surface area contributed by atoms with Gasteiger partial charge in [0.25, 0.3) is 16.0 Å². The highest BCUT2D eigenvalue weighted by molar-refractivity contribution is 14.1. The number of rotatable bonds is 5. The number of halogens is 6. The Morgan fingerprint density at radius 3 is 2.27 bits per heavy atom. The third-order valence-electron chi connectivity index (χ3n) is 4.32. The van der Waals surface area contributed by atoms with Crippen molar-refractivity contribution in [2.24, 2.45) is 5.92 Å². The molecule has 1 heterocycles. The molecule has 0 saturated carbocycles. The Bertz CT molecular complexity index is 933. The van der Waals surface area contributed by atoms with E-state index in [4.69, 9.17) is 4.55 Å². The molecule has 7 nitrogen and oxygen atoms in total. The number of piperidine rings is 1. The second kappa shape index (κ2) is 10.3. The molecule has 1 aliphatic rings. The van der Waals surface area contributed by atoms with Crippen molar-refractivity contribution in [3.63, 3.8) is 0 Å². The van der Waals surface area contributed by atoms with Crippen molar-refractivity contribution in [1.29, 1.82) is 0 Å². The van der Waals surface area contributed by atoms with Gasteiger partial charge >= 0.3 is 12.1 Å². The molecule has 0 aromatic heterocycles. The van der Waals surface area contributed by atoms with Crippen molar-refractivity contribution in [2.75, 3.05) is 18.8 Å². The van der Waals surface area contributed by atoms with Gasteiger partial charge in [-0.3, -0.25) is 14.1 Å². The van der Waals surface area contributed by atoms with Crippen LogP contribution in [0.2, 0.25) is 0 Å². The van der Waals surface area contributed by atoms with E-state index in [2.05, 4.69) is 72.5 Å². The number of carbonyl (C=O) groups excluding carboxylic acids is 2. The highest BCUT2D eigenvalue weighted by Crippen LogP contribution is 2.29. The van der Waals surface area contributed by atoms with Crippen LogP contribution >= 0.6 is 67.8 Å². The Balaban J connectivity index is 2.03.